The normalized spacial score (nSPS) is 17.8. The SMILES string of the molecule is CC.CCCCC(/C=C\CC1CCC(c2c(F)cccc2F)=N1)=C/C(C)OCC. The molecule has 162 valence electrons. The first kappa shape index (κ1) is 25.2. The molecule has 1 aliphatic heterocycles. The van der Waals surface area contributed by atoms with E-state index in [1.807, 2.05) is 20.8 Å². The number of ether oxygens (including phenoxy) is 1. The highest BCUT2D eigenvalue weighted by atomic mass is 19.1. The molecule has 0 aliphatic carbocycles. The van der Waals surface area contributed by atoms with Gasteiger partial charge in [-0.3, -0.25) is 4.99 Å². The zero-order valence-electron chi connectivity index (χ0n) is 18.7. The third-order valence-electron chi connectivity index (χ3n) is 4.74. The molecule has 1 aromatic carbocycles. The topological polar surface area (TPSA) is 21.6 Å². The van der Waals surface area contributed by atoms with Gasteiger partial charge in [0.1, 0.15) is 11.6 Å². The van der Waals surface area contributed by atoms with Crippen molar-refractivity contribution in [2.75, 3.05) is 6.61 Å². The summed E-state index contributed by atoms with van der Waals surface area (Å²) in [7, 11) is 0. The maximum atomic E-state index is 13.9. The van der Waals surface area contributed by atoms with Gasteiger partial charge in [0.2, 0.25) is 0 Å². The minimum atomic E-state index is -0.528. The molecule has 29 heavy (non-hydrogen) atoms. The Bertz CT molecular complexity index is 674. The zero-order valence-corrected chi connectivity index (χ0v) is 18.7. The second-order valence-corrected chi connectivity index (χ2v) is 7.01. The van der Waals surface area contributed by atoms with E-state index in [9.17, 15) is 8.78 Å². The number of aliphatic imine (C=N–C) groups is 1. The summed E-state index contributed by atoms with van der Waals surface area (Å²) in [6.45, 7) is 10.9. The number of benzene rings is 1. The average Bonchev–Trinajstić information content (AvgIpc) is 3.16. The summed E-state index contributed by atoms with van der Waals surface area (Å²) in [6.07, 6.45) is 12.1. The van der Waals surface area contributed by atoms with Crippen LogP contribution in [0.5, 0.6) is 0 Å². The Kier molecular flexibility index (Phi) is 12.4. The molecule has 0 spiro atoms. The van der Waals surface area contributed by atoms with Crippen molar-refractivity contribution in [2.24, 2.45) is 4.99 Å². The number of nitrogens with zero attached hydrogens (tertiary/aromatic N) is 1. The molecule has 0 radical (unpaired) electrons. The molecule has 2 rings (SSSR count). The van der Waals surface area contributed by atoms with Gasteiger partial charge in [0, 0.05) is 12.3 Å². The highest BCUT2D eigenvalue weighted by molar-refractivity contribution is 6.02. The molecule has 2 atom stereocenters. The van der Waals surface area contributed by atoms with Crippen molar-refractivity contribution in [1.29, 1.82) is 0 Å². The first-order chi connectivity index (χ1) is 14.0. The number of allylic oxidation sites excluding steroid dienone is 2. The molecule has 2 nitrogen and oxygen atoms in total. The van der Waals surface area contributed by atoms with E-state index in [1.165, 1.54) is 23.8 Å². The number of halogens is 2. The first-order valence-corrected chi connectivity index (χ1v) is 11.0. The molecule has 1 aromatic rings. The molecule has 0 amide bonds. The zero-order chi connectivity index (χ0) is 21.6. The summed E-state index contributed by atoms with van der Waals surface area (Å²) in [6, 6.07) is 4.06. The summed E-state index contributed by atoms with van der Waals surface area (Å²) < 4.78 is 33.5. The minimum Gasteiger partial charge on any atom is -0.375 e. The van der Waals surface area contributed by atoms with Crippen LogP contribution in [0.25, 0.3) is 0 Å². The van der Waals surface area contributed by atoms with Gasteiger partial charge >= 0.3 is 0 Å². The van der Waals surface area contributed by atoms with Gasteiger partial charge in [0.25, 0.3) is 0 Å². The van der Waals surface area contributed by atoms with Gasteiger partial charge in [-0.2, -0.15) is 0 Å². The van der Waals surface area contributed by atoms with E-state index in [-0.39, 0.29) is 17.7 Å². The Morgan fingerprint density at radius 1 is 1.24 bits per heavy atom. The predicted octanol–water partition coefficient (Wildman–Crippen LogP) is 7.43. The Balaban J connectivity index is 0.00000204. The number of unbranched alkanes of at least 4 members (excludes halogenated alkanes) is 1. The Hall–Kier alpha value is -1.81. The smallest absolute Gasteiger partial charge is 0.135 e. The van der Waals surface area contributed by atoms with Crippen LogP contribution in [-0.4, -0.2) is 24.5 Å². The quantitative estimate of drug-likeness (QED) is 0.371. The van der Waals surface area contributed by atoms with Gasteiger partial charge in [0.05, 0.1) is 17.7 Å². The summed E-state index contributed by atoms with van der Waals surface area (Å²) in [4.78, 5) is 4.57. The third kappa shape index (κ3) is 8.61. The van der Waals surface area contributed by atoms with Crippen LogP contribution >= 0.6 is 0 Å². The van der Waals surface area contributed by atoms with E-state index in [1.54, 1.807) is 0 Å². The molecule has 0 saturated carbocycles. The van der Waals surface area contributed by atoms with Gasteiger partial charge in [-0.15, -0.1) is 0 Å². The van der Waals surface area contributed by atoms with Crippen LogP contribution in [0.2, 0.25) is 0 Å². The van der Waals surface area contributed by atoms with E-state index in [2.05, 4.69) is 37.1 Å². The van der Waals surface area contributed by atoms with Gasteiger partial charge in [0.15, 0.2) is 0 Å². The highest BCUT2D eigenvalue weighted by Crippen LogP contribution is 2.25. The summed E-state index contributed by atoms with van der Waals surface area (Å²) in [5, 5.41) is 0. The molecule has 4 heteroatoms. The maximum absolute atomic E-state index is 13.9. The fraction of sp³-hybridized carbons (Fsp3) is 0.560. The van der Waals surface area contributed by atoms with Crippen LogP contribution < -0.4 is 0 Å². The molecular weight excluding hydrogens is 368 g/mol. The summed E-state index contributed by atoms with van der Waals surface area (Å²) >= 11 is 0. The summed E-state index contributed by atoms with van der Waals surface area (Å²) in [5.41, 5.74) is 1.87. The molecule has 2 unspecified atom stereocenters. The lowest BCUT2D eigenvalue weighted by Crippen LogP contribution is -2.05. The fourth-order valence-electron chi connectivity index (χ4n) is 3.38. The van der Waals surface area contributed by atoms with Gasteiger partial charge < -0.3 is 4.74 Å². The van der Waals surface area contributed by atoms with Crippen LogP contribution in [-0.2, 0) is 4.74 Å². The van der Waals surface area contributed by atoms with E-state index < -0.39 is 11.6 Å². The van der Waals surface area contributed by atoms with Crippen LogP contribution in [0.1, 0.15) is 78.7 Å². The Morgan fingerprint density at radius 3 is 2.55 bits per heavy atom. The molecular formula is C25H37F2NO. The Morgan fingerprint density at radius 2 is 1.93 bits per heavy atom. The first-order valence-electron chi connectivity index (χ1n) is 11.0. The van der Waals surface area contributed by atoms with Gasteiger partial charge in [-0.1, -0.05) is 51.5 Å². The molecule has 0 N–H and O–H groups in total. The highest BCUT2D eigenvalue weighted by Gasteiger charge is 2.22. The van der Waals surface area contributed by atoms with Crippen molar-refractivity contribution < 1.29 is 13.5 Å². The average molecular weight is 406 g/mol. The van der Waals surface area contributed by atoms with Crippen LogP contribution in [0.4, 0.5) is 8.78 Å². The van der Waals surface area contributed by atoms with Crippen molar-refractivity contribution in [1.82, 2.24) is 0 Å². The third-order valence-corrected chi connectivity index (χ3v) is 4.74. The molecule has 1 aliphatic rings. The fourth-order valence-corrected chi connectivity index (χ4v) is 3.38. The maximum Gasteiger partial charge on any atom is 0.135 e. The monoisotopic (exact) mass is 405 g/mol. The number of hydrogen-bond donors (Lipinski definition) is 0. The predicted molar refractivity (Wildman–Crippen MR) is 120 cm³/mol. The van der Waals surface area contributed by atoms with Crippen LogP contribution in [0.3, 0.4) is 0 Å². The molecule has 0 saturated heterocycles. The van der Waals surface area contributed by atoms with E-state index >= 15 is 0 Å². The van der Waals surface area contributed by atoms with Crippen molar-refractivity contribution >= 4 is 5.71 Å². The van der Waals surface area contributed by atoms with E-state index in [4.69, 9.17) is 4.74 Å². The van der Waals surface area contributed by atoms with Crippen molar-refractivity contribution in [3.05, 3.63) is 59.2 Å². The van der Waals surface area contributed by atoms with Crippen molar-refractivity contribution in [3.8, 4) is 0 Å². The lowest BCUT2D eigenvalue weighted by atomic mass is 10.0. The molecule has 0 bridgehead atoms. The largest absolute Gasteiger partial charge is 0.375 e. The lowest BCUT2D eigenvalue weighted by Gasteiger charge is -2.09. The molecule has 0 fully saturated rings. The number of hydrogen-bond acceptors (Lipinski definition) is 2. The van der Waals surface area contributed by atoms with E-state index in [0.717, 1.165) is 32.1 Å². The minimum absolute atomic E-state index is 0.0399. The molecule has 0 aromatic heterocycles. The second kappa shape index (κ2) is 14.2. The second-order valence-electron chi connectivity index (χ2n) is 7.01. The van der Waals surface area contributed by atoms with Crippen LogP contribution in [0.15, 0.2) is 47.0 Å². The van der Waals surface area contributed by atoms with Crippen molar-refractivity contribution in [3.63, 3.8) is 0 Å². The summed E-state index contributed by atoms with van der Waals surface area (Å²) in [5.74, 6) is -1.06. The van der Waals surface area contributed by atoms with Gasteiger partial charge in [-0.25, -0.2) is 8.78 Å². The Labute approximate surface area is 175 Å². The standard InChI is InChI=1S/C23H31F2NO.C2H6/c1-4-6-9-18(16-17(3)27-5-2)10-7-11-19-14-15-22(26-19)23-20(24)12-8-13-21(23)25;1-2/h7-8,10,12-13,16-17,19H,4-6,9,11,14-15H2,1-3H3;1-2H3/b10-7-,18-16-;. The van der Waals surface area contributed by atoms with Gasteiger partial charge in [-0.05, 0) is 63.7 Å². The van der Waals surface area contributed by atoms with E-state index in [0.29, 0.717) is 18.7 Å². The van der Waals surface area contributed by atoms with Crippen LogP contribution in [0, 0.1) is 11.6 Å². The lowest BCUT2D eigenvalue weighted by molar-refractivity contribution is 0.109. The number of rotatable bonds is 10. The van der Waals surface area contributed by atoms with Crippen molar-refractivity contribution in [2.45, 2.75) is 85.3 Å². The molecule has 1 heterocycles.